The minimum atomic E-state index is -0.296. The van der Waals surface area contributed by atoms with Crippen LogP contribution in [0.1, 0.15) is 36.0 Å². The van der Waals surface area contributed by atoms with Gasteiger partial charge in [0.15, 0.2) is 0 Å². The Balaban J connectivity index is 1.66. The van der Waals surface area contributed by atoms with Crippen molar-refractivity contribution in [3.63, 3.8) is 0 Å². The number of carbonyl (C=O) groups is 1. The molecule has 3 nitrogen and oxygen atoms in total. The van der Waals surface area contributed by atoms with Crippen molar-refractivity contribution in [1.29, 1.82) is 0 Å². The molecule has 2 aliphatic heterocycles. The molecule has 1 aromatic rings. The van der Waals surface area contributed by atoms with E-state index in [4.69, 9.17) is 0 Å². The normalized spacial score (nSPS) is 24.1. The molecule has 108 valence electrons. The Bertz CT molecular complexity index is 468. The molecule has 0 saturated carbocycles. The fourth-order valence-corrected chi connectivity index (χ4v) is 3.32. The Morgan fingerprint density at radius 1 is 1.05 bits per heavy atom. The molecule has 0 bridgehead atoms. The fraction of sp³-hybridized carbons (Fsp3) is 0.562. The summed E-state index contributed by atoms with van der Waals surface area (Å²) >= 11 is 0. The molecule has 0 spiro atoms. The van der Waals surface area contributed by atoms with E-state index in [0.29, 0.717) is 11.6 Å². The molecule has 3 rings (SSSR count). The van der Waals surface area contributed by atoms with Gasteiger partial charge in [0.1, 0.15) is 5.82 Å². The molecular weight excluding hydrogens is 255 g/mol. The number of amides is 1. The van der Waals surface area contributed by atoms with E-state index in [1.807, 2.05) is 4.90 Å². The summed E-state index contributed by atoms with van der Waals surface area (Å²) in [7, 11) is 0. The van der Waals surface area contributed by atoms with Crippen LogP contribution in [0.5, 0.6) is 0 Å². The lowest BCUT2D eigenvalue weighted by Gasteiger charge is -2.37. The molecule has 0 aliphatic carbocycles. The Hall–Kier alpha value is -1.42. The topological polar surface area (TPSA) is 23.6 Å². The highest BCUT2D eigenvalue weighted by molar-refractivity contribution is 5.94. The van der Waals surface area contributed by atoms with E-state index in [1.165, 1.54) is 44.5 Å². The van der Waals surface area contributed by atoms with Gasteiger partial charge in [-0.25, -0.2) is 4.39 Å². The largest absolute Gasteiger partial charge is 0.337 e. The molecule has 0 N–H and O–H groups in total. The van der Waals surface area contributed by atoms with E-state index in [2.05, 4.69) is 4.90 Å². The van der Waals surface area contributed by atoms with Crippen LogP contribution >= 0.6 is 0 Å². The summed E-state index contributed by atoms with van der Waals surface area (Å²) in [5, 5.41) is 0. The van der Waals surface area contributed by atoms with Crippen LogP contribution in [0.4, 0.5) is 4.39 Å². The van der Waals surface area contributed by atoms with Gasteiger partial charge in [-0.3, -0.25) is 9.69 Å². The maximum Gasteiger partial charge on any atom is 0.253 e. The van der Waals surface area contributed by atoms with Crippen molar-refractivity contribution in [3.05, 3.63) is 35.6 Å². The van der Waals surface area contributed by atoms with Gasteiger partial charge in [0, 0.05) is 24.7 Å². The van der Waals surface area contributed by atoms with E-state index in [1.54, 1.807) is 12.1 Å². The zero-order valence-corrected chi connectivity index (χ0v) is 11.7. The molecule has 2 heterocycles. The summed E-state index contributed by atoms with van der Waals surface area (Å²) < 4.78 is 12.9. The van der Waals surface area contributed by atoms with Crippen molar-refractivity contribution in [2.45, 2.75) is 31.7 Å². The van der Waals surface area contributed by atoms with Crippen molar-refractivity contribution >= 4 is 5.91 Å². The van der Waals surface area contributed by atoms with Crippen molar-refractivity contribution < 1.29 is 9.18 Å². The van der Waals surface area contributed by atoms with Gasteiger partial charge in [0.25, 0.3) is 5.91 Å². The lowest BCUT2D eigenvalue weighted by Crippen LogP contribution is -2.48. The highest BCUT2D eigenvalue weighted by atomic mass is 19.1. The molecule has 20 heavy (non-hydrogen) atoms. The van der Waals surface area contributed by atoms with Crippen LogP contribution in [0, 0.1) is 5.82 Å². The summed E-state index contributed by atoms with van der Waals surface area (Å²) in [4.78, 5) is 16.9. The van der Waals surface area contributed by atoms with E-state index < -0.39 is 0 Å². The Labute approximate surface area is 119 Å². The van der Waals surface area contributed by atoms with Crippen LogP contribution in [-0.2, 0) is 0 Å². The standard InChI is InChI=1S/C16H21FN2O/c17-14-7-5-13(6-8-14)16(20)19-11-3-4-15(12-19)18-9-1-2-10-18/h5-8,15H,1-4,9-12H2. The number of carbonyl (C=O) groups excluding carboxylic acids is 1. The Kier molecular flexibility index (Phi) is 4.01. The molecular formula is C16H21FN2O. The third-order valence-corrected chi connectivity index (χ3v) is 4.43. The molecule has 0 radical (unpaired) electrons. The number of hydrogen-bond acceptors (Lipinski definition) is 2. The maximum absolute atomic E-state index is 12.9. The Morgan fingerprint density at radius 3 is 2.45 bits per heavy atom. The van der Waals surface area contributed by atoms with Crippen LogP contribution in [-0.4, -0.2) is 47.9 Å². The number of benzene rings is 1. The number of piperidine rings is 1. The van der Waals surface area contributed by atoms with Gasteiger partial charge in [0.2, 0.25) is 0 Å². The lowest BCUT2D eigenvalue weighted by molar-refractivity contribution is 0.0608. The maximum atomic E-state index is 12.9. The van der Waals surface area contributed by atoms with Crippen LogP contribution in [0.25, 0.3) is 0 Å². The second kappa shape index (κ2) is 5.92. The van der Waals surface area contributed by atoms with Crippen LogP contribution in [0.15, 0.2) is 24.3 Å². The SMILES string of the molecule is O=C(c1ccc(F)cc1)N1CCCC(N2CCCC2)C1. The second-order valence-electron chi connectivity index (χ2n) is 5.80. The molecule has 1 aromatic carbocycles. The van der Waals surface area contributed by atoms with Crippen molar-refractivity contribution in [2.75, 3.05) is 26.2 Å². The van der Waals surface area contributed by atoms with Gasteiger partial charge in [-0.15, -0.1) is 0 Å². The van der Waals surface area contributed by atoms with Gasteiger partial charge >= 0.3 is 0 Å². The molecule has 1 atom stereocenters. The zero-order chi connectivity index (χ0) is 13.9. The van der Waals surface area contributed by atoms with Gasteiger partial charge in [-0.2, -0.15) is 0 Å². The number of halogens is 1. The van der Waals surface area contributed by atoms with Gasteiger partial charge < -0.3 is 4.90 Å². The summed E-state index contributed by atoms with van der Waals surface area (Å²) in [6, 6.07) is 6.38. The van der Waals surface area contributed by atoms with Gasteiger partial charge in [-0.1, -0.05) is 0 Å². The molecule has 1 unspecified atom stereocenters. The third kappa shape index (κ3) is 2.85. The number of nitrogens with zero attached hydrogens (tertiary/aromatic N) is 2. The van der Waals surface area contributed by atoms with Crippen LogP contribution in [0.3, 0.4) is 0 Å². The molecule has 1 amide bonds. The molecule has 2 fully saturated rings. The van der Waals surface area contributed by atoms with Crippen LogP contribution < -0.4 is 0 Å². The first-order chi connectivity index (χ1) is 9.74. The van der Waals surface area contributed by atoms with Crippen molar-refractivity contribution in [2.24, 2.45) is 0 Å². The van der Waals surface area contributed by atoms with E-state index >= 15 is 0 Å². The smallest absolute Gasteiger partial charge is 0.253 e. The third-order valence-electron chi connectivity index (χ3n) is 4.43. The lowest BCUT2D eigenvalue weighted by atomic mass is 10.0. The number of rotatable bonds is 2. The van der Waals surface area contributed by atoms with Gasteiger partial charge in [0.05, 0.1) is 0 Å². The van der Waals surface area contributed by atoms with Gasteiger partial charge in [-0.05, 0) is 63.0 Å². The van der Waals surface area contributed by atoms with E-state index in [9.17, 15) is 9.18 Å². The summed E-state index contributed by atoms with van der Waals surface area (Å²) in [6.07, 6.45) is 4.81. The first-order valence-electron chi connectivity index (χ1n) is 7.53. The molecule has 0 aromatic heterocycles. The highest BCUT2D eigenvalue weighted by Crippen LogP contribution is 2.21. The highest BCUT2D eigenvalue weighted by Gasteiger charge is 2.29. The zero-order valence-electron chi connectivity index (χ0n) is 11.7. The summed E-state index contributed by atoms with van der Waals surface area (Å²) in [6.45, 7) is 3.98. The number of hydrogen-bond donors (Lipinski definition) is 0. The van der Waals surface area contributed by atoms with Crippen molar-refractivity contribution in [1.82, 2.24) is 9.80 Å². The predicted octanol–water partition coefficient (Wildman–Crippen LogP) is 2.53. The van der Waals surface area contributed by atoms with Crippen LogP contribution in [0.2, 0.25) is 0 Å². The first-order valence-corrected chi connectivity index (χ1v) is 7.53. The predicted molar refractivity (Wildman–Crippen MR) is 76.1 cm³/mol. The fourth-order valence-electron chi connectivity index (χ4n) is 3.32. The van der Waals surface area contributed by atoms with E-state index in [0.717, 1.165) is 19.5 Å². The monoisotopic (exact) mass is 276 g/mol. The first kappa shape index (κ1) is 13.6. The quantitative estimate of drug-likeness (QED) is 0.828. The minimum Gasteiger partial charge on any atom is -0.337 e. The van der Waals surface area contributed by atoms with E-state index in [-0.39, 0.29) is 11.7 Å². The Morgan fingerprint density at radius 2 is 1.75 bits per heavy atom. The molecule has 2 saturated heterocycles. The second-order valence-corrected chi connectivity index (χ2v) is 5.80. The number of likely N-dealkylation sites (tertiary alicyclic amines) is 2. The minimum absolute atomic E-state index is 0.0360. The summed E-state index contributed by atoms with van der Waals surface area (Å²) in [5.41, 5.74) is 0.591. The molecule has 2 aliphatic rings. The average Bonchev–Trinajstić information content (AvgIpc) is 3.02. The van der Waals surface area contributed by atoms with Crippen molar-refractivity contribution in [3.8, 4) is 0 Å². The average molecular weight is 276 g/mol. The molecule has 4 heteroatoms. The summed E-state index contributed by atoms with van der Waals surface area (Å²) in [5.74, 6) is -0.260.